The topological polar surface area (TPSA) is 16.3 Å². The van der Waals surface area contributed by atoms with Gasteiger partial charge in [-0.2, -0.15) is 0 Å². The predicted molar refractivity (Wildman–Crippen MR) is 413 cm³/mol. The SMILES string of the molecule is CC(C)(C)c1ccc(-c2ccc(N3c4ccc(-c5ccc(C(C)(C)C)cc5)cc4B4c5c(cccc53)-c3cccc5c3n4c3c4cccc6c4n(c53)B3c4cc(-c5ccc(C(C)(C)C)cc5)ccc4N(c4ccc(-c5ccc(C(C)(C)C)cc5)cc4)c4cccc-6c43)cc2)cc1. The average molecular weight is 1240 g/mol. The van der Waals surface area contributed by atoms with E-state index in [1.165, 1.54) is 166 Å². The maximum absolute atomic E-state index is 2.81. The van der Waals surface area contributed by atoms with E-state index in [-0.39, 0.29) is 35.4 Å². The van der Waals surface area contributed by atoms with Crippen LogP contribution in [-0.2, 0) is 21.7 Å². The highest BCUT2D eigenvalue weighted by Gasteiger charge is 2.48. The highest BCUT2D eigenvalue weighted by molar-refractivity contribution is 6.92. The van der Waals surface area contributed by atoms with Crippen molar-refractivity contribution in [1.82, 2.24) is 8.96 Å². The van der Waals surface area contributed by atoms with Gasteiger partial charge in [-0.05, 0) is 170 Å². The van der Waals surface area contributed by atoms with Crippen LogP contribution in [0, 0.1) is 0 Å². The zero-order valence-corrected chi connectivity index (χ0v) is 57.2. The maximum Gasteiger partial charge on any atom is 0.333 e. The Morgan fingerprint density at radius 3 is 0.823 bits per heavy atom. The van der Waals surface area contributed by atoms with Crippen molar-refractivity contribution < 1.29 is 0 Å². The van der Waals surface area contributed by atoms with E-state index >= 15 is 0 Å². The predicted octanol–water partition coefficient (Wildman–Crippen LogP) is 21.4. The van der Waals surface area contributed by atoms with Crippen LogP contribution in [0.4, 0.5) is 34.1 Å². The average Bonchev–Trinajstić information content (AvgIpc) is 1.46. The van der Waals surface area contributed by atoms with Gasteiger partial charge >= 0.3 is 13.7 Å². The van der Waals surface area contributed by atoms with Gasteiger partial charge in [0.15, 0.2) is 0 Å². The summed E-state index contributed by atoms with van der Waals surface area (Å²) >= 11 is 0. The molecule has 14 aromatic rings. The number of benzene rings is 12. The molecule has 0 fully saturated rings. The van der Waals surface area contributed by atoms with E-state index in [2.05, 4.69) is 357 Å². The van der Waals surface area contributed by atoms with E-state index in [0.29, 0.717) is 0 Å². The lowest BCUT2D eigenvalue weighted by atomic mass is 9.45. The first-order valence-electron chi connectivity index (χ1n) is 34.5. The fraction of sp³-hybridized carbons (Fsp3) is 0.178. The van der Waals surface area contributed by atoms with Crippen LogP contribution >= 0.6 is 0 Å². The molecule has 0 unspecified atom stereocenters. The summed E-state index contributed by atoms with van der Waals surface area (Å²) < 4.78 is 5.61. The smallest absolute Gasteiger partial charge is 0.333 e. The van der Waals surface area contributed by atoms with Gasteiger partial charge in [0.1, 0.15) is 0 Å². The van der Waals surface area contributed by atoms with Crippen LogP contribution in [-0.4, -0.2) is 22.7 Å². The Labute approximate surface area is 566 Å². The third kappa shape index (κ3) is 8.76. The van der Waals surface area contributed by atoms with Crippen molar-refractivity contribution in [2.45, 2.75) is 105 Å². The van der Waals surface area contributed by atoms with E-state index in [9.17, 15) is 0 Å². The van der Waals surface area contributed by atoms with Crippen molar-refractivity contribution in [3.05, 3.63) is 277 Å². The van der Waals surface area contributed by atoms with Crippen molar-refractivity contribution in [3.8, 4) is 66.8 Å². The number of hydrogen-bond acceptors (Lipinski definition) is 2. The van der Waals surface area contributed by atoms with Crippen LogP contribution in [0.3, 0.4) is 0 Å². The second-order valence-corrected chi connectivity index (χ2v) is 31.7. The lowest BCUT2D eigenvalue weighted by Crippen LogP contribution is -2.56. The Bertz CT molecular complexity index is 5180. The Morgan fingerprint density at radius 1 is 0.240 bits per heavy atom. The van der Waals surface area contributed by atoms with Gasteiger partial charge in [-0.25, -0.2) is 0 Å². The summed E-state index contributed by atoms with van der Waals surface area (Å²) in [7, 11) is 0. The number of fused-ring (bicyclic) bond motifs is 13. The zero-order chi connectivity index (χ0) is 65.6. The van der Waals surface area contributed by atoms with E-state index in [0.717, 1.165) is 11.4 Å². The summed E-state index contributed by atoms with van der Waals surface area (Å²) in [6.45, 7) is 27.2. The van der Waals surface area contributed by atoms with Crippen LogP contribution in [0.2, 0.25) is 0 Å². The van der Waals surface area contributed by atoms with Crippen LogP contribution in [0.15, 0.2) is 255 Å². The molecule has 6 heteroatoms. The Kier molecular flexibility index (Phi) is 12.5. The van der Waals surface area contributed by atoms with E-state index < -0.39 is 0 Å². The number of para-hydroxylation sites is 2. The van der Waals surface area contributed by atoms with Gasteiger partial charge in [-0.1, -0.05) is 289 Å². The highest BCUT2D eigenvalue weighted by Crippen LogP contribution is 2.52. The summed E-state index contributed by atoms with van der Waals surface area (Å²) in [5.74, 6) is 0. The van der Waals surface area contributed by atoms with Gasteiger partial charge in [0.2, 0.25) is 0 Å². The molecule has 4 aliphatic heterocycles. The van der Waals surface area contributed by atoms with Crippen molar-refractivity contribution in [1.29, 1.82) is 0 Å². The van der Waals surface area contributed by atoms with Crippen molar-refractivity contribution in [3.63, 3.8) is 0 Å². The molecule has 6 heterocycles. The minimum absolute atomic E-state index is 0.0385. The monoisotopic (exact) mass is 1240 g/mol. The van der Waals surface area contributed by atoms with E-state index in [1.807, 2.05) is 0 Å². The first-order valence-corrected chi connectivity index (χ1v) is 34.5. The Hall–Kier alpha value is -10.3. The van der Waals surface area contributed by atoms with Crippen LogP contribution in [0.25, 0.3) is 99.6 Å². The molecular weight excluding hydrogens is 1160 g/mol. The fourth-order valence-corrected chi connectivity index (χ4v) is 16.7. The number of hydrogen-bond donors (Lipinski definition) is 0. The Balaban J connectivity index is 0.866. The summed E-state index contributed by atoms with van der Waals surface area (Å²) in [6, 6.07) is 98.7. The van der Waals surface area contributed by atoms with Gasteiger partial charge < -0.3 is 18.8 Å². The normalized spacial score (nSPS) is 13.8. The third-order valence-corrected chi connectivity index (χ3v) is 21.8. The molecule has 0 amide bonds. The molecule has 0 saturated heterocycles. The van der Waals surface area contributed by atoms with E-state index in [1.54, 1.807) is 0 Å². The second-order valence-electron chi connectivity index (χ2n) is 31.7. The summed E-state index contributed by atoms with van der Waals surface area (Å²) in [5.41, 5.74) is 37.8. The van der Waals surface area contributed by atoms with Gasteiger partial charge in [0, 0.05) is 67.1 Å². The summed E-state index contributed by atoms with van der Waals surface area (Å²) in [6.07, 6.45) is 0. The van der Waals surface area contributed by atoms with Crippen molar-refractivity contribution in [2.75, 3.05) is 9.80 Å². The molecule has 0 saturated carbocycles. The third-order valence-electron chi connectivity index (χ3n) is 21.8. The number of anilines is 6. The van der Waals surface area contributed by atoms with Crippen molar-refractivity contribution in [2.24, 2.45) is 0 Å². The minimum atomic E-state index is -0.163. The minimum Gasteiger partial charge on any atom is -0.374 e. The molecular formula is C90H78B2N4. The fourth-order valence-electron chi connectivity index (χ4n) is 16.7. The van der Waals surface area contributed by atoms with Gasteiger partial charge in [0.25, 0.3) is 0 Å². The molecule has 96 heavy (non-hydrogen) atoms. The molecule has 464 valence electrons. The largest absolute Gasteiger partial charge is 0.374 e. The van der Waals surface area contributed by atoms with Gasteiger partial charge in [-0.15, -0.1) is 0 Å². The first kappa shape index (κ1) is 58.3. The highest BCUT2D eigenvalue weighted by atomic mass is 15.2. The molecule has 0 bridgehead atoms. The first-order chi connectivity index (χ1) is 46.2. The molecule has 4 nitrogen and oxygen atoms in total. The van der Waals surface area contributed by atoms with Crippen LogP contribution in [0.1, 0.15) is 105 Å². The van der Waals surface area contributed by atoms with Gasteiger partial charge in [-0.3, -0.25) is 0 Å². The maximum atomic E-state index is 2.81. The molecule has 0 atom stereocenters. The lowest BCUT2D eigenvalue weighted by Gasteiger charge is -2.41. The van der Waals surface area contributed by atoms with Crippen LogP contribution in [0.5, 0.6) is 0 Å². The van der Waals surface area contributed by atoms with E-state index in [4.69, 9.17) is 0 Å². The Morgan fingerprint density at radius 2 is 0.510 bits per heavy atom. The summed E-state index contributed by atoms with van der Waals surface area (Å²) in [4.78, 5) is 5.11. The number of nitrogens with zero attached hydrogens (tertiary/aromatic N) is 4. The van der Waals surface area contributed by atoms with Gasteiger partial charge in [0.05, 0.1) is 11.0 Å². The lowest BCUT2D eigenvalue weighted by molar-refractivity contribution is 0.590. The molecule has 18 rings (SSSR count). The molecule has 0 N–H and O–H groups in total. The molecule has 0 radical (unpaired) electrons. The standard InChI is InChI=1S/C90H78B2N4/c1-87(2,3)63-39-25-55(26-40-63)57-33-47-67(48-34-57)93-77-51-37-61(59-29-43-65(44-30-59)89(7,8)9)53-75(77)91-81-69(17-15-23-79(81)93)71-19-13-21-73-83(71)95(91)85-74-22-14-20-72-70-18-16-24-80-82(70)92(96(84(72)74)86(73)85)76-54-62(60-31-45-66(46-32-60)90(10,11)12)38-52-78(76)94(80)68-49-35-58(36-50-68)56-27-41-64(42-28-56)88(4,5)6/h13-54H,1-12H3. The summed E-state index contributed by atoms with van der Waals surface area (Å²) in [5, 5.41) is 2.55. The number of aromatic nitrogens is 2. The molecule has 4 aliphatic rings. The zero-order valence-electron chi connectivity index (χ0n) is 57.2. The second kappa shape index (κ2) is 20.6. The molecule has 12 aromatic carbocycles. The van der Waals surface area contributed by atoms with Crippen LogP contribution < -0.4 is 31.7 Å². The molecule has 2 aromatic heterocycles. The number of rotatable bonds is 6. The molecule has 0 spiro atoms. The van der Waals surface area contributed by atoms with Crippen molar-refractivity contribution >= 4 is 103 Å². The molecule has 0 aliphatic carbocycles. The quantitative estimate of drug-likeness (QED) is 0.154.